The Bertz CT molecular complexity index is 657. The van der Waals surface area contributed by atoms with Crippen molar-refractivity contribution in [3.63, 3.8) is 0 Å². The number of nitrogens with zero attached hydrogens (tertiary/aromatic N) is 2. The van der Waals surface area contributed by atoms with Crippen molar-refractivity contribution in [3.8, 4) is 0 Å². The van der Waals surface area contributed by atoms with Gasteiger partial charge in [0.2, 0.25) is 0 Å². The third kappa shape index (κ3) is 3.95. The number of rotatable bonds is 5. The van der Waals surface area contributed by atoms with E-state index in [1.165, 1.54) is 18.2 Å². The van der Waals surface area contributed by atoms with Gasteiger partial charge in [0.05, 0.1) is 4.92 Å². The fraction of sp³-hybridized carbons (Fsp3) is 0.214. The van der Waals surface area contributed by atoms with Crippen LogP contribution in [0.2, 0.25) is 0 Å². The van der Waals surface area contributed by atoms with Crippen LogP contribution in [0.3, 0.4) is 0 Å². The molecule has 1 N–H and O–H groups in total. The molecule has 110 valence electrons. The number of aromatic nitrogens is 1. The van der Waals surface area contributed by atoms with Gasteiger partial charge >= 0.3 is 0 Å². The maximum Gasteiger partial charge on any atom is 0.287 e. The predicted molar refractivity (Wildman–Crippen MR) is 74.2 cm³/mol. The maximum absolute atomic E-state index is 13.0. The summed E-state index contributed by atoms with van der Waals surface area (Å²) >= 11 is 0. The van der Waals surface area contributed by atoms with Crippen LogP contribution in [0.15, 0.2) is 30.5 Å². The molecule has 0 aliphatic heterocycles. The van der Waals surface area contributed by atoms with Gasteiger partial charge in [-0.25, -0.2) is 13.8 Å². The molecule has 0 fully saturated rings. The van der Waals surface area contributed by atoms with E-state index in [9.17, 15) is 18.9 Å². The van der Waals surface area contributed by atoms with Crippen LogP contribution >= 0.6 is 0 Å². The second kappa shape index (κ2) is 6.25. The molecule has 0 unspecified atom stereocenters. The minimum Gasteiger partial charge on any atom is -0.370 e. The Kier molecular flexibility index (Phi) is 4.42. The van der Waals surface area contributed by atoms with E-state index in [1.54, 1.807) is 6.92 Å². The number of benzene rings is 1. The molecule has 0 radical (unpaired) electrons. The van der Waals surface area contributed by atoms with E-state index < -0.39 is 16.6 Å². The average Bonchev–Trinajstić information content (AvgIpc) is 2.39. The summed E-state index contributed by atoms with van der Waals surface area (Å²) in [6.07, 6.45) is 1.57. The van der Waals surface area contributed by atoms with Crippen LogP contribution in [-0.2, 0) is 6.42 Å². The lowest BCUT2D eigenvalue weighted by molar-refractivity contribution is -0.385. The van der Waals surface area contributed by atoms with Crippen molar-refractivity contribution < 1.29 is 13.7 Å². The molecular weight excluding hydrogens is 280 g/mol. The number of hydrogen-bond donors (Lipinski definition) is 1. The van der Waals surface area contributed by atoms with E-state index in [4.69, 9.17) is 0 Å². The Hall–Kier alpha value is -2.57. The van der Waals surface area contributed by atoms with Gasteiger partial charge in [0.25, 0.3) is 5.69 Å². The molecule has 1 aromatic carbocycles. The summed E-state index contributed by atoms with van der Waals surface area (Å²) in [7, 11) is 0. The maximum atomic E-state index is 13.0. The number of nitrogens with one attached hydrogen (secondary N) is 1. The van der Waals surface area contributed by atoms with E-state index in [0.717, 1.165) is 12.3 Å². The van der Waals surface area contributed by atoms with Crippen molar-refractivity contribution in [3.05, 3.63) is 63.3 Å². The van der Waals surface area contributed by atoms with Gasteiger partial charge in [0.15, 0.2) is 0 Å². The fourth-order valence-corrected chi connectivity index (χ4v) is 1.93. The average molecular weight is 293 g/mol. The van der Waals surface area contributed by atoms with E-state index in [-0.39, 0.29) is 5.69 Å². The molecule has 0 aliphatic carbocycles. The van der Waals surface area contributed by atoms with Gasteiger partial charge in [-0.05, 0) is 36.6 Å². The Balaban J connectivity index is 1.98. The second-order valence-electron chi connectivity index (χ2n) is 4.57. The number of halogens is 2. The zero-order chi connectivity index (χ0) is 15.4. The van der Waals surface area contributed by atoms with Crippen molar-refractivity contribution in [2.75, 3.05) is 11.9 Å². The number of pyridine rings is 1. The number of nitro groups is 1. The molecule has 0 spiro atoms. The van der Waals surface area contributed by atoms with E-state index in [1.807, 2.05) is 0 Å². The van der Waals surface area contributed by atoms with Crippen LogP contribution in [0.5, 0.6) is 0 Å². The summed E-state index contributed by atoms with van der Waals surface area (Å²) in [6.45, 7) is 2.11. The van der Waals surface area contributed by atoms with Crippen LogP contribution in [0.4, 0.5) is 20.3 Å². The molecule has 2 aromatic rings. The molecular formula is C14H13F2N3O2. The first kappa shape index (κ1) is 14.8. The van der Waals surface area contributed by atoms with Crippen LogP contribution in [0, 0.1) is 28.7 Å². The summed E-state index contributed by atoms with van der Waals surface area (Å²) in [6, 6.07) is 4.76. The molecule has 0 amide bonds. The third-order valence-electron chi connectivity index (χ3n) is 2.90. The van der Waals surface area contributed by atoms with Crippen LogP contribution < -0.4 is 5.32 Å². The van der Waals surface area contributed by atoms with Crippen molar-refractivity contribution in [2.45, 2.75) is 13.3 Å². The lowest BCUT2D eigenvalue weighted by Crippen LogP contribution is -2.08. The predicted octanol–water partition coefficient (Wildman–Crippen LogP) is 3.23. The first-order chi connectivity index (χ1) is 9.95. The Labute approximate surface area is 119 Å². The summed E-state index contributed by atoms with van der Waals surface area (Å²) in [4.78, 5) is 14.1. The van der Waals surface area contributed by atoms with Crippen molar-refractivity contribution in [1.82, 2.24) is 4.98 Å². The van der Waals surface area contributed by atoms with E-state index in [0.29, 0.717) is 29.9 Å². The summed E-state index contributed by atoms with van der Waals surface area (Å²) in [5, 5.41) is 13.6. The molecule has 0 aliphatic rings. The monoisotopic (exact) mass is 293 g/mol. The van der Waals surface area contributed by atoms with Crippen molar-refractivity contribution in [2.24, 2.45) is 0 Å². The Morgan fingerprint density at radius 3 is 2.48 bits per heavy atom. The molecule has 0 saturated carbocycles. The second-order valence-corrected chi connectivity index (χ2v) is 4.57. The van der Waals surface area contributed by atoms with Gasteiger partial charge in [-0.15, -0.1) is 0 Å². The number of aryl methyl sites for hydroxylation is 1. The third-order valence-corrected chi connectivity index (χ3v) is 2.90. The topological polar surface area (TPSA) is 68.1 Å². The summed E-state index contributed by atoms with van der Waals surface area (Å²) in [5.41, 5.74) is 1.08. The molecule has 7 heteroatoms. The zero-order valence-corrected chi connectivity index (χ0v) is 11.3. The Morgan fingerprint density at radius 1 is 1.24 bits per heavy atom. The molecule has 21 heavy (non-hydrogen) atoms. The molecule has 5 nitrogen and oxygen atoms in total. The largest absolute Gasteiger partial charge is 0.370 e. The van der Waals surface area contributed by atoms with Crippen LogP contribution in [-0.4, -0.2) is 16.5 Å². The highest BCUT2D eigenvalue weighted by atomic mass is 19.1. The van der Waals surface area contributed by atoms with Crippen molar-refractivity contribution in [1.29, 1.82) is 0 Å². The van der Waals surface area contributed by atoms with Gasteiger partial charge in [-0.3, -0.25) is 10.1 Å². The molecule has 0 saturated heterocycles. The fourth-order valence-electron chi connectivity index (χ4n) is 1.93. The van der Waals surface area contributed by atoms with Crippen molar-refractivity contribution >= 4 is 11.5 Å². The minimum absolute atomic E-state index is 0.0785. The van der Waals surface area contributed by atoms with E-state index >= 15 is 0 Å². The molecule has 1 aromatic heterocycles. The standard InChI is InChI=1S/C14H13F2N3O2/c1-9-4-13(19(20)21)8-18-14(9)17-3-2-10-5-11(15)7-12(16)6-10/h4-8H,2-3H2,1H3,(H,17,18). The highest BCUT2D eigenvalue weighted by Gasteiger charge is 2.09. The Morgan fingerprint density at radius 2 is 1.90 bits per heavy atom. The lowest BCUT2D eigenvalue weighted by Gasteiger charge is -2.08. The lowest BCUT2D eigenvalue weighted by atomic mass is 10.1. The quantitative estimate of drug-likeness (QED) is 0.679. The molecule has 0 atom stereocenters. The zero-order valence-electron chi connectivity index (χ0n) is 11.3. The van der Waals surface area contributed by atoms with Gasteiger partial charge < -0.3 is 5.32 Å². The van der Waals surface area contributed by atoms with Gasteiger partial charge in [0, 0.05) is 18.7 Å². The highest BCUT2D eigenvalue weighted by molar-refractivity contribution is 5.48. The first-order valence-corrected chi connectivity index (χ1v) is 6.25. The molecule has 2 rings (SSSR count). The SMILES string of the molecule is Cc1cc([N+](=O)[O-])cnc1NCCc1cc(F)cc(F)c1. The van der Waals surface area contributed by atoms with Crippen LogP contribution in [0.25, 0.3) is 0 Å². The minimum atomic E-state index is -0.616. The number of hydrogen-bond acceptors (Lipinski definition) is 4. The molecule has 1 heterocycles. The van der Waals surface area contributed by atoms with E-state index in [2.05, 4.69) is 10.3 Å². The van der Waals surface area contributed by atoms with Gasteiger partial charge in [-0.2, -0.15) is 0 Å². The first-order valence-electron chi connectivity index (χ1n) is 6.25. The van der Waals surface area contributed by atoms with Gasteiger partial charge in [0.1, 0.15) is 23.6 Å². The normalized spacial score (nSPS) is 10.4. The summed E-state index contributed by atoms with van der Waals surface area (Å²) < 4.78 is 26.1. The number of anilines is 1. The van der Waals surface area contributed by atoms with Crippen LogP contribution in [0.1, 0.15) is 11.1 Å². The summed E-state index contributed by atoms with van der Waals surface area (Å²) in [5.74, 6) is -0.721. The van der Waals surface area contributed by atoms with Gasteiger partial charge in [-0.1, -0.05) is 0 Å². The highest BCUT2D eigenvalue weighted by Crippen LogP contribution is 2.18. The molecule has 0 bridgehead atoms. The smallest absolute Gasteiger partial charge is 0.287 e.